The third-order valence-corrected chi connectivity index (χ3v) is 6.08. The van der Waals surface area contributed by atoms with Gasteiger partial charge in [0, 0.05) is 15.7 Å². The SMILES string of the molecule is O=C(O[C@H](C(=O)O)[C@@H](OC(=O)c1ccc(Cl)cc1)C(=O)Nc1ccc(N=Nc2ccccc2)cc1)c1ccc(Cl)cc1. The van der Waals surface area contributed by atoms with Gasteiger partial charge in [-0.2, -0.15) is 10.2 Å². The molecule has 10 nitrogen and oxygen atoms in total. The maximum atomic E-state index is 13.3. The number of azo groups is 1. The van der Waals surface area contributed by atoms with Gasteiger partial charge in [0.25, 0.3) is 5.91 Å². The quantitative estimate of drug-likeness (QED) is 0.148. The van der Waals surface area contributed by atoms with Crippen LogP contribution in [0.2, 0.25) is 10.0 Å². The number of esters is 2. The molecular weight excluding hydrogens is 585 g/mol. The van der Waals surface area contributed by atoms with E-state index in [1.807, 2.05) is 18.2 Å². The Morgan fingerprint density at radius 1 is 0.619 bits per heavy atom. The average Bonchev–Trinajstić information content (AvgIpc) is 2.99. The molecule has 42 heavy (non-hydrogen) atoms. The monoisotopic (exact) mass is 605 g/mol. The lowest BCUT2D eigenvalue weighted by molar-refractivity contribution is -0.157. The molecule has 2 atom stereocenters. The summed E-state index contributed by atoms with van der Waals surface area (Å²) in [4.78, 5) is 51.1. The van der Waals surface area contributed by atoms with E-state index in [4.69, 9.17) is 32.7 Å². The molecular formula is C30H21Cl2N3O7. The molecule has 4 aromatic rings. The van der Waals surface area contributed by atoms with Crippen molar-refractivity contribution in [3.63, 3.8) is 0 Å². The van der Waals surface area contributed by atoms with Crippen LogP contribution in [0.5, 0.6) is 0 Å². The molecule has 0 radical (unpaired) electrons. The molecule has 0 aliphatic carbocycles. The minimum Gasteiger partial charge on any atom is -0.478 e. The molecule has 0 spiro atoms. The molecule has 0 saturated carbocycles. The summed E-state index contributed by atoms with van der Waals surface area (Å²) in [6.07, 6.45) is -4.29. The molecule has 1 amide bonds. The van der Waals surface area contributed by atoms with Crippen LogP contribution in [0.25, 0.3) is 0 Å². The predicted octanol–water partition coefficient (Wildman–Crippen LogP) is 6.88. The van der Waals surface area contributed by atoms with E-state index < -0.39 is 36.0 Å². The summed E-state index contributed by atoms with van der Waals surface area (Å²) in [5, 5.41) is 21.3. The number of aliphatic carboxylic acids is 1. The van der Waals surface area contributed by atoms with Crippen molar-refractivity contribution < 1.29 is 33.8 Å². The molecule has 0 bridgehead atoms. The second-order valence-corrected chi connectivity index (χ2v) is 9.45. The average molecular weight is 606 g/mol. The van der Waals surface area contributed by atoms with Gasteiger partial charge in [0.05, 0.1) is 22.5 Å². The van der Waals surface area contributed by atoms with Gasteiger partial charge < -0.3 is 19.9 Å². The van der Waals surface area contributed by atoms with Crippen molar-refractivity contribution >= 4 is 64.1 Å². The topological polar surface area (TPSA) is 144 Å². The first-order valence-electron chi connectivity index (χ1n) is 12.2. The zero-order valence-electron chi connectivity index (χ0n) is 21.5. The number of ether oxygens (including phenoxy) is 2. The molecule has 2 N–H and O–H groups in total. The lowest BCUT2D eigenvalue weighted by atomic mass is 10.1. The summed E-state index contributed by atoms with van der Waals surface area (Å²) < 4.78 is 10.4. The highest BCUT2D eigenvalue weighted by molar-refractivity contribution is 6.31. The van der Waals surface area contributed by atoms with Crippen LogP contribution in [-0.4, -0.2) is 41.1 Å². The fraction of sp³-hybridized carbons (Fsp3) is 0.0667. The molecule has 0 fully saturated rings. The number of rotatable bonds is 10. The van der Waals surface area contributed by atoms with E-state index in [0.717, 1.165) is 0 Å². The lowest BCUT2D eigenvalue weighted by Gasteiger charge is -2.23. The van der Waals surface area contributed by atoms with E-state index in [1.54, 1.807) is 24.3 Å². The number of carbonyl (C=O) groups excluding carboxylic acids is 3. The Bertz CT molecular complexity index is 1600. The minimum atomic E-state index is -2.21. The third-order valence-electron chi connectivity index (χ3n) is 5.58. The number of carbonyl (C=O) groups is 4. The van der Waals surface area contributed by atoms with Crippen molar-refractivity contribution in [2.75, 3.05) is 5.32 Å². The number of carboxylic acid groups (broad SMARTS) is 1. The number of anilines is 1. The largest absolute Gasteiger partial charge is 0.478 e. The van der Waals surface area contributed by atoms with Crippen molar-refractivity contribution in [3.05, 3.63) is 124 Å². The van der Waals surface area contributed by atoms with Crippen LogP contribution in [0, 0.1) is 0 Å². The predicted molar refractivity (Wildman–Crippen MR) is 155 cm³/mol. The van der Waals surface area contributed by atoms with Gasteiger partial charge in [-0.3, -0.25) is 4.79 Å². The van der Waals surface area contributed by atoms with Crippen molar-refractivity contribution in [2.24, 2.45) is 10.2 Å². The van der Waals surface area contributed by atoms with Crippen molar-refractivity contribution in [2.45, 2.75) is 12.2 Å². The van der Waals surface area contributed by atoms with Crippen molar-refractivity contribution in [1.29, 1.82) is 0 Å². The van der Waals surface area contributed by atoms with Crippen molar-refractivity contribution in [3.8, 4) is 0 Å². The van der Waals surface area contributed by atoms with Crippen LogP contribution in [0.15, 0.2) is 113 Å². The second kappa shape index (κ2) is 14.0. The first-order valence-corrected chi connectivity index (χ1v) is 13.0. The Kier molecular flexibility index (Phi) is 9.99. The Balaban J connectivity index is 1.56. The number of benzene rings is 4. The van der Waals surface area contributed by atoms with E-state index in [1.165, 1.54) is 60.7 Å². The van der Waals surface area contributed by atoms with Crippen LogP contribution in [0.4, 0.5) is 17.1 Å². The Morgan fingerprint density at radius 3 is 1.55 bits per heavy atom. The third kappa shape index (κ3) is 8.23. The highest BCUT2D eigenvalue weighted by atomic mass is 35.5. The summed E-state index contributed by atoms with van der Waals surface area (Å²) in [6, 6.07) is 26.1. The smallest absolute Gasteiger partial charge is 0.349 e. The van der Waals surface area contributed by atoms with Crippen LogP contribution >= 0.6 is 23.2 Å². The fourth-order valence-corrected chi connectivity index (χ4v) is 3.72. The number of hydrogen-bond acceptors (Lipinski definition) is 8. The van der Waals surface area contributed by atoms with Crippen molar-refractivity contribution in [1.82, 2.24) is 0 Å². The van der Waals surface area contributed by atoms with Gasteiger partial charge >= 0.3 is 17.9 Å². The highest BCUT2D eigenvalue weighted by Crippen LogP contribution is 2.22. The molecule has 12 heteroatoms. The standard InChI is InChI=1S/C30H21Cl2N3O7/c31-20-10-6-18(7-11-20)29(39)41-25(26(28(37)38)42-30(40)19-8-12-21(32)13-9-19)27(36)33-22-14-16-24(17-15-22)35-34-23-4-2-1-3-5-23/h1-17,25-26H,(H,33,36)(H,37,38)/t25-,26+/m1/s1. The van der Waals surface area contributed by atoms with E-state index in [9.17, 15) is 24.3 Å². The molecule has 0 saturated heterocycles. The van der Waals surface area contributed by atoms with Crippen LogP contribution in [0.1, 0.15) is 20.7 Å². The molecule has 0 unspecified atom stereocenters. The number of nitrogens with one attached hydrogen (secondary N) is 1. The van der Waals surface area contributed by atoms with Gasteiger partial charge in [-0.15, -0.1) is 0 Å². The molecule has 4 aromatic carbocycles. The van der Waals surface area contributed by atoms with Crippen LogP contribution in [-0.2, 0) is 19.1 Å². The Hall–Kier alpha value is -5.06. The number of halogens is 2. The first kappa shape index (κ1) is 29.9. The van der Waals surface area contributed by atoms with Gasteiger partial charge in [-0.25, -0.2) is 14.4 Å². The Labute approximate surface area is 249 Å². The number of carboxylic acids is 1. The van der Waals surface area contributed by atoms with E-state index in [-0.39, 0.29) is 16.8 Å². The minimum absolute atomic E-state index is 0.0153. The normalized spacial score (nSPS) is 12.2. The second-order valence-electron chi connectivity index (χ2n) is 8.58. The molecule has 0 heterocycles. The molecule has 0 aliphatic rings. The number of amides is 1. The molecule has 4 rings (SSSR count). The van der Waals surface area contributed by atoms with E-state index >= 15 is 0 Å². The van der Waals surface area contributed by atoms with Gasteiger partial charge in [-0.05, 0) is 84.9 Å². The fourth-order valence-electron chi connectivity index (χ4n) is 3.47. The molecule has 212 valence electrons. The zero-order chi connectivity index (χ0) is 30.1. The number of hydrogen-bond donors (Lipinski definition) is 2. The molecule has 0 aliphatic heterocycles. The maximum Gasteiger partial charge on any atom is 0.349 e. The molecule has 0 aromatic heterocycles. The summed E-state index contributed by atoms with van der Waals surface area (Å²) in [6.45, 7) is 0. The summed E-state index contributed by atoms with van der Waals surface area (Å²) >= 11 is 11.7. The Morgan fingerprint density at radius 2 is 1.07 bits per heavy atom. The zero-order valence-corrected chi connectivity index (χ0v) is 23.0. The van der Waals surface area contributed by atoms with Crippen LogP contribution in [0.3, 0.4) is 0 Å². The number of nitrogens with zero attached hydrogens (tertiary/aromatic N) is 2. The maximum absolute atomic E-state index is 13.3. The van der Waals surface area contributed by atoms with E-state index in [0.29, 0.717) is 21.4 Å². The first-order chi connectivity index (χ1) is 20.2. The van der Waals surface area contributed by atoms with Gasteiger partial charge in [0.15, 0.2) is 0 Å². The van der Waals surface area contributed by atoms with Gasteiger partial charge in [0.2, 0.25) is 12.2 Å². The summed E-state index contributed by atoms with van der Waals surface area (Å²) in [5.41, 5.74) is 1.29. The summed E-state index contributed by atoms with van der Waals surface area (Å²) in [5.74, 6) is -4.91. The highest BCUT2D eigenvalue weighted by Gasteiger charge is 2.41. The summed E-state index contributed by atoms with van der Waals surface area (Å²) in [7, 11) is 0. The van der Waals surface area contributed by atoms with Gasteiger partial charge in [-0.1, -0.05) is 41.4 Å². The lowest BCUT2D eigenvalue weighted by Crippen LogP contribution is -2.48. The van der Waals surface area contributed by atoms with E-state index in [2.05, 4.69) is 15.5 Å². The van der Waals surface area contributed by atoms with Crippen LogP contribution < -0.4 is 5.32 Å². The van der Waals surface area contributed by atoms with Gasteiger partial charge in [0.1, 0.15) is 0 Å².